The molecule has 0 radical (unpaired) electrons. The van der Waals surface area contributed by atoms with Crippen LogP contribution < -0.4 is 4.74 Å². The Labute approximate surface area is 132 Å². The fraction of sp³-hybridized carbons (Fsp3) is 0.143. The molecule has 0 aliphatic rings. The van der Waals surface area contributed by atoms with Crippen LogP contribution in [0.4, 0.5) is 0 Å². The lowest BCUT2D eigenvalue weighted by Crippen LogP contribution is -1.92. The SMILES string of the molecule is CCCc1ccc(-c2ccccc2)cc1Oc1ccccc1. The Morgan fingerprint density at radius 1 is 0.727 bits per heavy atom. The standard InChI is InChI=1S/C21H20O/c1-2-9-18-14-15-19(17-10-5-3-6-11-17)16-21(18)22-20-12-7-4-8-13-20/h3-8,10-16H,2,9H2,1H3. The molecule has 110 valence electrons. The third kappa shape index (κ3) is 3.37. The van der Waals surface area contributed by atoms with E-state index >= 15 is 0 Å². The molecule has 0 unspecified atom stereocenters. The molecule has 0 fully saturated rings. The van der Waals surface area contributed by atoms with Gasteiger partial charge >= 0.3 is 0 Å². The van der Waals surface area contributed by atoms with Gasteiger partial charge in [-0.2, -0.15) is 0 Å². The zero-order valence-electron chi connectivity index (χ0n) is 12.8. The smallest absolute Gasteiger partial charge is 0.131 e. The van der Waals surface area contributed by atoms with Gasteiger partial charge in [0.05, 0.1) is 0 Å². The van der Waals surface area contributed by atoms with Crippen LogP contribution in [-0.2, 0) is 6.42 Å². The molecule has 3 aromatic carbocycles. The maximum atomic E-state index is 6.12. The lowest BCUT2D eigenvalue weighted by atomic mass is 10.0. The van der Waals surface area contributed by atoms with E-state index in [4.69, 9.17) is 4.74 Å². The molecule has 22 heavy (non-hydrogen) atoms. The molecule has 1 nitrogen and oxygen atoms in total. The zero-order chi connectivity index (χ0) is 15.2. The number of ether oxygens (including phenoxy) is 1. The molecule has 0 amide bonds. The number of hydrogen-bond acceptors (Lipinski definition) is 1. The number of rotatable bonds is 5. The van der Waals surface area contributed by atoms with Crippen molar-refractivity contribution < 1.29 is 4.74 Å². The van der Waals surface area contributed by atoms with Gasteiger partial charge in [0.2, 0.25) is 0 Å². The normalized spacial score (nSPS) is 10.4. The van der Waals surface area contributed by atoms with E-state index in [1.165, 1.54) is 16.7 Å². The predicted octanol–water partition coefficient (Wildman–Crippen LogP) is 6.10. The maximum Gasteiger partial charge on any atom is 0.131 e. The van der Waals surface area contributed by atoms with E-state index in [1.54, 1.807) is 0 Å². The summed E-state index contributed by atoms with van der Waals surface area (Å²) in [5.74, 6) is 1.83. The highest BCUT2D eigenvalue weighted by Crippen LogP contribution is 2.31. The molecule has 0 heterocycles. The fourth-order valence-electron chi connectivity index (χ4n) is 2.55. The number of para-hydroxylation sites is 1. The summed E-state index contributed by atoms with van der Waals surface area (Å²) in [5, 5.41) is 0. The topological polar surface area (TPSA) is 9.23 Å². The largest absolute Gasteiger partial charge is 0.457 e. The number of benzene rings is 3. The first-order valence-corrected chi connectivity index (χ1v) is 7.78. The van der Waals surface area contributed by atoms with E-state index in [2.05, 4.69) is 49.4 Å². The van der Waals surface area contributed by atoms with Crippen molar-refractivity contribution in [1.82, 2.24) is 0 Å². The van der Waals surface area contributed by atoms with Crippen LogP contribution in [0.3, 0.4) is 0 Å². The van der Waals surface area contributed by atoms with Crippen molar-refractivity contribution in [2.75, 3.05) is 0 Å². The first kappa shape index (κ1) is 14.4. The third-order valence-electron chi connectivity index (χ3n) is 3.66. The molecule has 3 aromatic rings. The van der Waals surface area contributed by atoms with Crippen molar-refractivity contribution >= 4 is 0 Å². The van der Waals surface area contributed by atoms with Crippen LogP contribution >= 0.6 is 0 Å². The number of hydrogen-bond donors (Lipinski definition) is 0. The summed E-state index contributed by atoms with van der Waals surface area (Å²) < 4.78 is 6.12. The lowest BCUT2D eigenvalue weighted by molar-refractivity contribution is 0.476. The average Bonchev–Trinajstić information content (AvgIpc) is 2.58. The predicted molar refractivity (Wildman–Crippen MR) is 92.4 cm³/mol. The lowest BCUT2D eigenvalue weighted by Gasteiger charge is -2.13. The highest BCUT2D eigenvalue weighted by atomic mass is 16.5. The molecule has 1 heteroatoms. The van der Waals surface area contributed by atoms with Crippen LogP contribution in [0.25, 0.3) is 11.1 Å². The minimum Gasteiger partial charge on any atom is -0.457 e. The van der Waals surface area contributed by atoms with Gasteiger partial charge < -0.3 is 4.74 Å². The molecular formula is C21H20O. The molecule has 0 N–H and O–H groups in total. The van der Waals surface area contributed by atoms with Crippen molar-refractivity contribution in [3.63, 3.8) is 0 Å². The summed E-state index contributed by atoms with van der Waals surface area (Å²) in [7, 11) is 0. The van der Waals surface area contributed by atoms with Gasteiger partial charge in [-0.05, 0) is 41.3 Å². The highest BCUT2D eigenvalue weighted by Gasteiger charge is 2.07. The third-order valence-corrected chi connectivity index (χ3v) is 3.66. The molecule has 0 spiro atoms. The molecule has 3 rings (SSSR count). The molecular weight excluding hydrogens is 268 g/mol. The van der Waals surface area contributed by atoms with Gasteiger partial charge in [0.25, 0.3) is 0 Å². The van der Waals surface area contributed by atoms with Gasteiger partial charge in [0.15, 0.2) is 0 Å². The second-order valence-electron chi connectivity index (χ2n) is 5.35. The Morgan fingerprint density at radius 2 is 1.41 bits per heavy atom. The molecule has 0 bridgehead atoms. The minimum atomic E-state index is 0.880. The Balaban J connectivity index is 1.97. The summed E-state index contributed by atoms with van der Waals surface area (Å²) in [6, 6.07) is 26.9. The van der Waals surface area contributed by atoms with Gasteiger partial charge in [-0.3, -0.25) is 0 Å². The maximum absolute atomic E-state index is 6.12. The Kier molecular flexibility index (Phi) is 4.55. The van der Waals surface area contributed by atoms with E-state index in [1.807, 2.05) is 36.4 Å². The van der Waals surface area contributed by atoms with Crippen LogP contribution in [0.2, 0.25) is 0 Å². The molecule has 0 saturated heterocycles. The Bertz CT molecular complexity index is 717. The fourth-order valence-corrected chi connectivity index (χ4v) is 2.55. The van der Waals surface area contributed by atoms with Crippen LogP contribution in [0.15, 0.2) is 78.9 Å². The van der Waals surface area contributed by atoms with Crippen LogP contribution in [0, 0.1) is 0 Å². The van der Waals surface area contributed by atoms with Crippen LogP contribution in [0.5, 0.6) is 11.5 Å². The van der Waals surface area contributed by atoms with Crippen molar-refractivity contribution in [2.24, 2.45) is 0 Å². The van der Waals surface area contributed by atoms with Gasteiger partial charge in [0.1, 0.15) is 11.5 Å². The highest BCUT2D eigenvalue weighted by molar-refractivity contribution is 5.66. The van der Waals surface area contributed by atoms with Gasteiger partial charge in [-0.1, -0.05) is 74.0 Å². The van der Waals surface area contributed by atoms with Crippen LogP contribution in [-0.4, -0.2) is 0 Å². The summed E-state index contributed by atoms with van der Waals surface area (Å²) in [6.07, 6.45) is 2.13. The molecule has 0 aliphatic carbocycles. The van der Waals surface area contributed by atoms with E-state index in [9.17, 15) is 0 Å². The van der Waals surface area contributed by atoms with Crippen LogP contribution in [0.1, 0.15) is 18.9 Å². The Morgan fingerprint density at radius 3 is 2.09 bits per heavy atom. The minimum absolute atomic E-state index is 0.880. The van der Waals surface area contributed by atoms with E-state index in [-0.39, 0.29) is 0 Å². The summed E-state index contributed by atoms with van der Waals surface area (Å²) in [6.45, 7) is 2.19. The van der Waals surface area contributed by atoms with Crippen molar-refractivity contribution in [2.45, 2.75) is 19.8 Å². The van der Waals surface area contributed by atoms with Crippen molar-refractivity contribution in [1.29, 1.82) is 0 Å². The van der Waals surface area contributed by atoms with Gasteiger partial charge in [-0.25, -0.2) is 0 Å². The zero-order valence-corrected chi connectivity index (χ0v) is 12.8. The number of aryl methyl sites for hydroxylation is 1. The molecule has 0 aromatic heterocycles. The Hall–Kier alpha value is -2.54. The molecule has 0 aliphatic heterocycles. The summed E-state index contributed by atoms with van der Waals surface area (Å²) in [4.78, 5) is 0. The van der Waals surface area contributed by atoms with Crippen molar-refractivity contribution in [3.8, 4) is 22.6 Å². The van der Waals surface area contributed by atoms with Gasteiger partial charge in [0, 0.05) is 0 Å². The summed E-state index contributed by atoms with van der Waals surface area (Å²) in [5.41, 5.74) is 3.65. The second-order valence-corrected chi connectivity index (χ2v) is 5.35. The second kappa shape index (κ2) is 6.95. The quantitative estimate of drug-likeness (QED) is 0.551. The monoisotopic (exact) mass is 288 g/mol. The van der Waals surface area contributed by atoms with E-state index in [0.29, 0.717) is 0 Å². The van der Waals surface area contributed by atoms with Crippen molar-refractivity contribution in [3.05, 3.63) is 84.4 Å². The first-order chi connectivity index (χ1) is 10.9. The average molecular weight is 288 g/mol. The van der Waals surface area contributed by atoms with Gasteiger partial charge in [-0.15, -0.1) is 0 Å². The molecule has 0 atom stereocenters. The first-order valence-electron chi connectivity index (χ1n) is 7.78. The summed E-state index contributed by atoms with van der Waals surface area (Å²) >= 11 is 0. The molecule has 0 saturated carbocycles. The van der Waals surface area contributed by atoms with E-state index < -0.39 is 0 Å². The van der Waals surface area contributed by atoms with E-state index in [0.717, 1.165) is 24.3 Å².